The Hall–Kier alpha value is -1.62. The number of halogens is 1. The molecule has 1 aliphatic rings. The van der Waals surface area contributed by atoms with Crippen molar-refractivity contribution >= 4 is 23.6 Å². The average Bonchev–Trinajstić information content (AvgIpc) is 2.33. The van der Waals surface area contributed by atoms with Crippen molar-refractivity contribution < 1.29 is 14.3 Å². The van der Waals surface area contributed by atoms with Gasteiger partial charge in [0.1, 0.15) is 10.8 Å². The maximum atomic E-state index is 12.9. The number of imide groups is 1. The molecule has 2 amide bonds. The highest BCUT2D eigenvalue weighted by atomic mass is 35.5. The normalized spacial score (nSPS) is 18.4. The highest BCUT2D eigenvalue weighted by Gasteiger charge is 2.41. The molecule has 1 aliphatic heterocycles. The highest BCUT2D eigenvalue weighted by molar-refractivity contribution is 6.29. The number of carbonyl (C=O) groups is 2. The lowest BCUT2D eigenvalue weighted by atomic mass is 9.83. The summed E-state index contributed by atoms with van der Waals surface area (Å²) in [5.41, 5.74) is 0.334. The lowest BCUT2D eigenvalue weighted by Crippen LogP contribution is -2.52. The van der Waals surface area contributed by atoms with Crippen molar-refractivity contribution in [3.05, 3.63) is 28.5 Å². The number of hydrogen-bond acceptors (Lipinski definition) is 4. The minimum atomic E-state index is -0.665. The molecule has 0 saturated heterocycles. The largest absolute Gasteiger partial charge is 0.443 e. The summed E-state index contributed by atoms with van der Waals surface area (Å²) in [6.45, 7) is 11.6. The Labute approximate surface area is 148 Å². The third kappa shape index (κ3) is 4.47. The molecule has 1 atom stereocenters. The molecule has 0 bridgehead atoms. The van der Waals surface area contributed by atoms with Crippen LogP contribution in [-0.2, 0) is 11.2 Å². The first-order chi connectivity index (χ1) is 10.9. The van der Waals surface area contributed by atoms with E-state index in [2.05, 4.69) is 25.8 Å². The van der Waals surface area contributed by atoms with E-state index in [4.69, 9.17) is 16.3 Å². The number of carbonyl (C=O) groups excluding carboxylic acids is 2. The van der Waals surface area contributed by atoms with Crippen molar-refractivity contribution in [1.82, 2.24) is 9.88 Å². The second kappa shape index (κ2) is 6.36. The van der Waals surface area contributed by atoms with E-state index >= 15 is 0 Å². The zero-order valence-electron chi connectivity index (χ0n) is 15.1. The van der Waals surface area contributed by atoms with E-state index in [0.29, 0.717) is 29.3 Å². The first kappa shape index (κ1) is 18.7. The maximum Gasteiger partial charge on any atom is 0.417 e. The summed E-state index contributed by atoms with van der Waals surface area (Å²) in [5, 5.41) is 0.349. The summed E-state index contributed by atoms with van der Waals surface area (Å²) in [7, 11) is 0. The van der Waals surface area contributed by atoms with Gasteiger partial charge in [-0.05, 0) is 44.7 Å². The van der Waals surface area contributed by atoms with Gasteiger partial charge in [-0.1, -0.05) is 32.4 Å². The summed E-state index contributed by atoms with van der Waals surface area (Å²) in [4.78, 5) is 31.1. The topological polar surface area (TPSA) is 59.5 Å². The fraction of sp³-hybridized carbons (Fsp3) is 0.611. The van der Waals surface area contributed by atoms with Gasteiger partial charge in [-0.2, -0.15) is 0 Å². The summed E-state index contributed by atoms with van der Waals surface area (Å²) < 4.78 is 5.45. The van der Waals surface area contributed by atoms with Gasteiger partial charge in [-0.15, -0.1) is 0 Å². The SMILES string of the molecule is CC(C)(C)CC1Cc2nc(Cl)ccc2C(=O)N1C(=O)OC(C)(C)C. The quantitative estimate of drug-likeness (QED) is 0.699. The Morgan fingerprint density at radius 1 is 1.29 bits per heavy atom. The maximum absolute atomic E-state index is 12.9. The van der Waals surface area contributed by atoms with Crippen LogP contribution >= 0.6 is 11.6 Å². The molecule has 0 aromatic carbocycles. The molecule has 6 heteroatoms. The van der Waals surface area contributed by atoms with E-state index in [1.54, 1.807) is 32.9 Å². The van der Waals surface area contributed by atoms with Gasteiger partial charge < -0.3 is 4.74 Å². The molecule has 0 saturated carbocycles. The van der Waals surface area contributed by atoms with Crippen LogP contribution in [0.4, 0.5) is 4.79 Å². The minimum absolute atomic E-state index is 0.0543. The van der Waals surface area contributed by atoms with Crippen molar-refractivity contribution in [2.24, 2.45) is 5.41 Å². The van der Waals surface area contributed by atoms with Gasteiger partial charge in [-0.25, -0.2) is 14.7 Å². The van der Waals surface area contributed by atoms with Crippen LogP contribution in [0, 0.1) is 5.41 Å². The van der Waals surface area contributed by atoms with E-state index < -0.39 is 11.7 Å². The Balaban J connectivity index is 2.41. The van der Waals surface area contributed by atoms with Crippen LogP contribution < -0.4 is 0 Å². The number of ether oxygens (including phenoxy) is 1. The van der Waals surface area contributed by atoms with Crippen LogP contribution in [0.3, 0.4) is 0 Å². The zero-order chi connectivity index (χ0) is 18.3. The molecule has 5 nitrogen and oxygen atoms in total. The number of fused-ring (bicyclic) bond motifs is 1. The van der Waals surface area contributed by atoms with E-state index in [-0.39, 0.29) is 17.4 Å². The summed E-state index contributed by atoms with van der Waals surface area (Å²) in [6.07, 6.45) is 0.534. The molecule has 0 aliphatic carbocycles. The molecular weight excluding hydrogens is 328 g/mol. The molecule has 1 aromatic heterocycles. The predicted octanol–water partition coefficient (Wildman–Crippen LogP) is 4.47. The predicted molar refractivity (Wildman–Crippen MR) is 93.2 cm³/mol. The summed E-state index contributed by atoms with van der Waals surface area (Å²) in [6, 6.07) is 2.89. The molecule has 1 aromatic rings. The van der Waals surface area contributed by atoms with Gasteiger partial charge >= 0.3 is 6.09 Å². The number of nitrogens with zero attached hydrogens (tertiary/aromatic N) is 2. The van der Waals surface area contributed by atoms with Crippen molar-refractivity contribution in [1.29, 1.82) is 0 Å². The average molecular weight is 353 g/mol. The van der Waals surface area contributed by atoms with Crippen LogP contribution in [0.25, 0.3) is 0 Å². The molecule has 2 rings (SSSR count). The summed E-state index contributed by atoms with van der Waals surface area (Å²) in [5.74, 6) is -0.371. The van der Waals surface area contributed by atoms with E-state index in [9.17, 15) is 9.59 Å². The first-order valence-electron chi connectivity index (χ1n) is 8.09. The fourth-order valence-corrected chi connectivity index (χ4v) is 3.01. The Kier molecular flexibility index (Phi) is 4.96. The monoisotopic (exact) mass is 352 g/mol. The van der Waals surface area contributed by atoms with Crippen LogP contribution in [0.15, 0.2) is 12.1 Å². The summed E-state index contributed by atoms with van der Waals surface area (Å²) >= 11 is 5.96. The van der Waals surface area contributed by atoms with Crippen molar-refractivity contribution in [2.45, 2.75) is 66.0 Å². The molecule has 0 radical (unpaired) electrons. The van der Waals surface area contributed by atoms with Gasteiger partial charge in [0.2, 0.25) is 0 Å². The molecule has 1 unspecified atom stereocenters. The van der Waals surface area contributed by atoms with Gasteiger partial charge in [0.05, 0.1) is 11.3 Å². The van der Waals surface area contributed by atoms with Crippen LogP contribution in [-0.4, -0.2) is 33.5 Å². The lowest BCUT2D eigenvalue weighted by Gasteiger charge is -2.38. The second-order valence-corrected chi connectivity index (χ2v) is 8.79. The van der Waals surface area contributed by atoms with Crippen LogP contribution in [0.2, 0.25) is 5.15 Å². The van der Waals surface area contributed by atoms with Crippen LogP contribution in [0.1, 0.15) is 64.0 Å². The molecule has 24 heavy (non-hydrogen) atoms. The van der Waals surface area contributed by atoms with Gasteiger partial charge in [0.25, 0.3) is 5.91 Å². The van der Waals surface area contributed by atoms with E-state index in [1.807, 2.05) is 0 Å². The molecular formula is C18H25ClN2O3. The van der Waals surface area contributed by atoms with E-state index in [1.165, 1.54) is 4.90 Å². The molecule has 2 heterocycles. The number of pyridine rings is 1. The Morgan fingerprint density at radius 2 is 1.92 bits per heavy atom. The van der Waals surface area contributed by atoms with Crippen molar-refractivity contribution in [2.75, 3.05) is 0 Å². The molecule has 0 fully saturated rings. The minimum Gasteiger partial charge on any atom is -0.443 e. The van der Waals surface area contributed by atoms with Crippen LogP contribution in [0.5, 0.6) is 0 Å². The second-order valence-electron chi connectivity index (χ2n) is 8.41. The lowest BCUT2D eigenvalue weighted by molar-refractivity contribution is 0.0114. The van der Waals surface area contributed by atoms with E-state index in [0.717, 1.165) is 0 Å². The fourth-order valence-electron chi connectivity index (χ4n) is 2.85. The highest BCUT2D eigenvalue weighted by Crippen LogP contribution is 2.32. The third-order valence-electron chi connectivity index (χ3n) is 3.62. The first-order valence-corrected chi connectivity index (χ1v) is 8.47. The number of hydrogen-bond donors (Lipinski definition) is 0. The zero-order valence-corrected chi connectivity index (χ0v) is 15.9. The number of aromatic nitrogens is 1. The van der Waals surface area contributed by atoms with Gasteiger partial charge in [-0.3, -0.25) is 4.79 Å². The molecule has 0 spiro atoms. The number of amides is 2. The molecule has 132 valence electrons. The number of rotatable bonds is 1. The standard InChI is InChI=1S/C18H25ClN2O3/c1-17(2,3)10-11-9-13-12(7-8-14(19)20-13)15(22)21(11)16(23)24-18(4,5)6/h7-8,11H,9-10H2,1-6H3. The Morgan fingerprint density at radius 3 is 2.46 bits per heavy atom. The van der Waals surface area contributed by atoms with Crippen molar-refractivity contribution in [3.63, 3.8) is 0 Å². The Bertz CT molecular complexity index is 659. The van der Waals surface area contributed by atoms with Crippen molar-refractivity contribution in [3.8, 4) is 0 Å². The van der Waals surface area contributed by atoms with Gasteiger partial charge in [0.15, 0.2) is 0 Å². The molecule has 0 N–H and O–H groups in total. The smallest absolute Gasteiger partial charge is 0.417 e. The van der Waals surface area contributed by atoms with Gasteiger partial charge in [0, 0.05) is 12.5 Å². The third-order valence-corrected chi connectivity index (χ3v) is 3.83.